The molecule has 4 N–H and O–H groups in total. The summed E-state index contributed by atoms with van der Waals surface area (Å²) in [5.41, 5.74) is 10.3. The summed E-state index contributed by atoms with van der Waals surface area (Å²) in [5, 5.41) is 24.2. The minimum Gasteiger partial charge on any atom is -0.503 e. The zero-order chi connectivity index (χ0) is 16.8. The van der Waals surface area contributed by atoms with Crippen LogP contribution in [-0.4, -0.2) is 46.8 Å². The Morgan fingerprint density at radius 3 is 2.75 bits per heavy atom. The lowest BCUT2D eigenvalue weighted by molar-refractivity contribution is 0.269. The first-order valence-electron chi connectivity index (χ1n) is 8.27. The smallest absolute Gasteiger partial charge is 0.181 e. The van der Waals surface area contributed by atoms with Crippen LogP contribution >= 0.6 is 0 Å². The average molecular weight is 330 g/mol. The maximum atomic E-state index is 10.0. The van der Waals surface area contributed by atoms with Gasteiger partial charge in [0.2, 0.25) is 0 Å². The fourth-order valence-corrected chi connectivity index (χ4v) is 3.90. The monoisotopic (exact) mass is 330 g/mol. The second kappa shape index (κ2) is 5.59. The van der Waals surface area contributed by atoms with Gasteiger partial charge in [-0.1, -0.05) is 0 Å². The van der Waals surface area contributed by atoms with Crippen LogP contribution in [-0.2, 0) is 6.54 Å². The van der Waals surface area contributed by atoms with Crippen molar-refractivity contribution in [1.82, 2.24) is 9.78 Å². The van der Waals surface area contributed by atoms with Gasteiger partial charge >= 0.3 is 0 Å². The summed E-state index contributed by atoms with van der Waals surface area (Å²) < 4.78 is 7.10. The van der Waals surface area contributed by atoms with E-state index < -0.39 is 0 Å². The number of aromatic nitrogens is 2. The lowest BCUT2D eigenvalue weighted by Gasteiger charge is -2.39. The average Bonchev–Trinajstić information content (AvgIpc) is 2.99. The van der Waals surface area contributed by atoms with E-state index >= 15 is 0 Å². The molecule has 5 rings (SSSR count). The Hall–Kier alpha value is -2.41. The number of methoxy groups -OCH3 is 1. The topological polar surface area (TPSA) is 96.8 Å². The van der Waals surface area contributed by atoms with Crippen molar-refractivity contribution in [2.24, 2.45) is 0 Å². The zero-order valence-corrected chi connectivity index (χ0v) is 13.7. The normalized spacial score (nSPS) is 16.5. The van der Waals surface area contributed by atoms with E-state index in [0.717, 1.165) is 48.6 Å². The summed E-state index contributed by atoms with van der Waals surface area (Å²) in [6, 6.07) is 3.52. The van der Waals surface area contributed by atoms with Crippen LogP contribution in [0.15, 0.2) is 12.1 Å². The molecule has 3 aliphatic heterocycles. The van der Waals surface area contributed by atoms with E-state index in [9.17, 15) is 10.2 Å². The lowest BCUT2D eigenvalue weighted by atomic mass is 9.86. The number of ether oxygens (including phenoxy) is 1. The molecule has 2 bridgehead atoms. The number of nitrogens with zero attached hydrogens (tertiary/aromatic N) is 3. The van der Waals surface area contributed by atoms with Crippen molar-refractivity contribution in [2.75, 3.05) is 37.4 Å². The van der Waals surface area contributed by atoms with E-state index in [-0.39, 0.29) is 18.0 Å². The van der Waals surface area contributed by atoms with Crippen molar-refractivity contribution >= 4 is 11.4 Å². The van der Waals surface area contributed by atoms with Crippen LogP contribution in [0.3, 0.4) is 0 Å². The quantitative estimate of drug-likeness (QED) is 0.581. The Bertz CT molecular complexity index is 779. The van der Waals surface area contributed by atoms with Crippen LogP contribution in [0.1, 0.15) is 24.5 Å². The number of fused-ring (bicyclic) bond motifs is 2. The SMILES string of the molecule is COc1cc(-c2c3c(nn2CCO)C2CCN3CC2)cc(N)c1O. The van der Waals surface area contributed by atoms with Crippen LogP contribution in [0.5, 0.6) is 11.5 Å². The minimum atomic E-state index is -0.0508. The molecule has 24 heavy (non-hydrogen) atoms. The Morgan fingerprint density at radius 1 is 1.33 bits per heavy atom. The number of piperidine rings is 1. The van der Waals surface area contributed by atoms with Gasteiger partial charge in [0, 0.05) is 24.6 Å². The highest BCUT2D eigenvalue weighted by molar-refractivity contribution is 5.83. The van der Waals surface area contributed by atoms with E-state index in [1.807, 2.05) is 4.68 Å². The molecule has 1 fully saturated rings. The van der Waals surface area contributed by atoms with E-state index in [2.05, 4.69) is 4.90 Å². The maximum absolute atomic E-state index is 10.0. The summed E-state index contributed by atoms with van der Waals surface area (Å²) in [5.74, 6) is 0.775. The first-order chi connectivity index (χ1) is 11.6. The number of hydrogen-bond donors (Lipinski definition) is 3. The third kappa shape index (κ3) is 2.11. The number of nitrogens with two attached hydrogens (primary N) is 1. The van der Waals surface area contributed by atoms with E-state index in [4.69, 9.17) is 15.6 Å². The summed E-state index contributed by atoms with van der Waals surface area (Å²) >= 11 is 0. The van der Waals surface area contributed by atoms with Gasteiger partial charge in [-0.15, -0.1) is 0 Å². The molecule has 0 saturated carbocycles. The molecule has 1 aromatic carbocycles. The molecule has 3 aliphatic rings. The maximum Gasteiger partial charge on any atom is 0.181 e. The highest BCUT2D eigenvalue weighted by Gasteiger charge is 2.37. The fraction of sp³-hybridized carbons (Fsp3) is 0.471. The number of benzene rings is 1. The standard InChI is InChI=1S/C17H22N4O3/c1-24-13-9-11(8-12(18)17(13)23)15-16-14(19-21(15)6-7-22)10-2-4-20(16)5-3-10/h8-10,22-23H,2-7,18H2,1H3. The van der Waals surface area contributed by atoms with Gasteiger partial charge < -0.3 is 25.6 Å². The van der Waals surface area contributed by atoms with Crippen molar-refractivity contribution in [2.45, 2.75) is 25.3 Å². The molecule has 7 heteroatoms. The zero-order valence-electron chi connectivity index (χ0n) is 13.7. The van der Waals surface area contributed by atoms with E-state index in [0.29, 0.717) is 18.2 Å². The van der Waals surface area contributed by atoms with Gasteiger partial charge in [-0.2, -0.15) is 5.10 Å². The summed E-state index contributed by atoms with van der Waals surface area (Å²) in [4.78, 5) is 2.36. The Morgan fingerprint density at radius 2 is 2.08 bits per heavy atom. The van der Waals surface area contributed by atoms with Gasteiger partial charge in [0.1, 0.15) is 0 Å². The molecule has 0 atom stereocenters. The Kier molecular flexibility index (Phi) is 3.53. The highest BCUT2D eigenvalue weighted by atomic mass is 16.5. The number of rotatable bonds is 4. The van der Waals surface area contributed by atoms with Crippen molar-refractivity contribution in [1.29, 1.82) is 0 Å². The first-order valence-corrected chi connectivity index (χ1v) is 8.27. The van der Waals surface area contributed by atoms with Crippen LogP contribution < -0.4 is 15.4 Å². The number of aliphatic hydroxyl groups excluding tert-OH is 1. The molecule has 0 unspecified atom stereocenters. The molecule has 0 amide bonds. The third-order valence-electron chi connectivity index (χ3n) is 5.06. The van der Waals surface area contributed by atoms with Gasteiger partial charge in [0.25, 0.3) is 0 Å². The van der Waals surface area contributed by atoms with Crippen molar-refractivity contribution in [3.05, 3.63) is 17.8 Å². The van der Waals surface area contributed by atoms with Gasteiger partial charge in [-0.05, 0) is 25.0 Å². The minimum absolute atomic E-state index is 0.0168. The second-order valence-electron chi connectivity index (χ2n) is 6.41. The lowest BCUT2D eigenvalue weighted by Crippen LogP contribution is -2.38. The summed E-state index contributed by atoms with van der Waals surface area (Å²) in [6.45, 7) is 2.50. The summed E-state index contributed by atoms with van der Waals surface area (Å²) in [6.07, 6.45) is 2.26. The van der Waals surface area contributed by atoms with E-state index in [1.54, 1.807) is 12.1 Å². The van der Waals surface area contributed by atoms with Crippen molar-refractivity contribution < 1.29 is 14.9 Å². The number of hydrogen-bond acceptors (Lipinski definition) is 6. The second-order valence-corrected chi connectivity index (χ2v) is 6.41. The number of anilines is 2. The number of nitrogen functional groups attached to an aromatic ring is 1. The molecule has 2 aromatic rings. The molecule has 1 saturated heterocycles. The number of aliphatic hydroxyl groups is 1. The van der Waals surface area contributed by atoms with Crippen molar-refractivity contribution in [3.63, 3.8) is 0 Å². The van der Waals surface area contributed by atoms with Crippen LogP contribution in [0.4, 0.5) is 11.4 Å². The molecular formula is C17H22N4O3. The van der Waals surface area contributed by atoms with Crippen LogP contribution in [0, 0.1) is 0 Å². The largest absolute Gasteiger partial charge is 0.503 e. The predicted octanol–water partition coefficient (Wildman–Crippen LogP) is 1.54. The van der Waals surface area contributed by atoms with Crippen LogP contribution in [0.25, 0.3) is 11.3 Å². The van der Waals surface area contributed by atoms with Crippen LogP contribution in [0.2, 0.25) is 0 Å². The molecule has 4 heterocycles. The highest BCUT2D eigenvalue weighted by Crippen LogP contribution is 2.48. The Labute approximate surface area is 140 Å². The molecule has 1 aromatic heterocycles. The molecule has 0 spiro atoms. The number of aromatic hydroxyl groups is 1. The third-order valence-corrected chi connectivity index (χ3v) is 5.06. The molecule has 0 radical (unpaired) electrons. The van der Waals surface area contributed by atoms with Gasteiger partial charge in [0.05, 0.1) is 43.0 Å². The van der Waals surface area contributed by atoms with Gasteiger partial charge in [-0.25, -0.2) is 0 Å². The van der Waals surface area contributed by atoms with Gasteiger partial charge in [0.15, 0.2) is 11.5 Å². The predicted molar refractivity (Wildman–Crippen MR) is 91.6 cm³/mol. The molecule has 0 aliphatic carbocycles. The molecule has 7 nitrogen and oxygen atoms in total. The van der Waals surface area contributed by atoms with Gasteiger partial charge in [-0.3, -0.25) is 4.68 Å². The van der Waals surface area contributed by atoms with Crippen molar-refractivity contribution in [3.8, 4) is 22.8 Å². The molecule has 128 valence electrons. The fourth-order valence-electron chi connectivity index (χ4n) is 3.90. The number of phenolic OH excluding ortho intramolecular Hbond substituents is 1. The first kappa shape index (κ1) is 15.1. The Balaban J connectivity index is 1.93. The summed E-state index contributed by atoms with van der Waals surface area (Å²) in [7, 11) is 1.50. The molecular weight excluding hydrogens is 308 g/mol. The van der Waals surface area contributed by atoms with E-state index in [1.165, 1.54) is 7.11 Å². The number of phenols is 1.